The maximum atomic E-state index is 14.2. The van der Waals surface area contributed by atoms with Crippen molar-refractivity contribution < 1.29 is 4.39 Å². The Hall–Kier alpha value is -1.20. The van der Waals surface area contributed by atoms with Crippen molar-refractivity contribution in [2.75, 3.05) is 6.54 Å². The van der Waals surface area contributed by atoms with E-state index in [1.54, 1.807) is 12.3 Å². The second kappa shape index (κ2) is 6.99. The maximum Gasteiger partial charge on any atom is 0.130 e. The van der Waals surface area contributed by atoms with Crippen LogP contribution in [-0.2, 0) is 6.54 Å². The molecule has 5 heteroatoms. The molecule has 0 fully saturated rings. The number of rotatable bonds is 6. The standard InChI is InChI=1S/C15H19BrFN3/c1-3-7-18-14(15-19-8-9-20(15)4-2)12-10-11(16)5-6-13(12)17/h5-6,8-10,14,18H,3-4,7H2,1-2H3. The molecule has 0 bridgehead atoms. The van der Waals surface area contributed by atoms with Crippen LogP contribution in [0.5, 0.6) is 0 Å². The van der Waals surface area contributed by atoms with Crippen LogP contribution in [0.15, 0.2) is 35.1 Å². The molecule has 3 nitrogen and oxygen atoms in total. The third-order valence-corrected chi connectivity index (χ3v) is 3.71. The van der Waals surface area contributed by atoms with Gasteiger partial charge >= 0.3 is 0 Å². The van der Waals surface area contributed by atoms with Crippen LogP contribution in [0.3, 0.4) is 0 Å². The summed E-state index contributed by atoms with van der Waals surface area (Å²) in [5.74, 6) is 0.630. The molecule has 0 aliphatic heterocycles. The molecule has 0 aliphatic carbocycles. The van der Waals surface area contributed by atoms with Gasteiger partial charge in [-0.1, -0.05) is 22.9 Å². The van der Waals surface area contributed by atoms with Gasteiger partial charge in [-0.3, -0.25) is 0 Å². The van der Waals surface area contributed by atoms with Gasteiger partial charge in [0.15, 0.2) is 0 Å². The molecule has 1 heterocycles. The number of nitrogens with one attached hydrogen (secondary N) is 1. The van der Waals surface area contributed by atoms with Crippen LogP contribution in [-0.4, -0.2) is 16.1 Å². The highest BCUT2D eigenvalue weighted by molar-refractivity contribution is 9.10. The van der Waals surface area contributed by atoms with Gasteiger partial charge in [-0.25, -0.2) is 9.37 Å². The number of aryl methyl sites for hydroxylation is 1. The fourth-order valence-electron chi connectivity index (χ4n) is 2.21. The molecule has 0 aliphatic rings. The van der Waals surface area contributed by atoms with Crippen molar-refractivity contribution >= 4 is 15.9 Å². The van der Waals surface area contributed by atoms with E-state index in [4.69, 9.17) is 0 Å². The van der Waals surface area contributed by atoms with Gasteiger partial charge in [0.1, 0.15) is 11.6 Å². The second-order valence-electron chi connectivity index (χ2n) is 4.62. The zero-order valence-electron chi connectivity index (χ0n) is 11.7. The summed E-state index contributed by atoms with van der Waals surface area (Å²) >= 11 is 3.41. The largest absolute Gasteiger partial charge is 0.334 e. The first-order valence-corrected chi connectivity index (χ1v) is 7.66. The first kappa shape index (κ1) is 15.2. The molecule has 1 aromatic carbocycles. The number of hydrogen-bond acceptors (Lipinski definition) is 2. The molecule has 1 unspecified atom stereocenters. The summed E-state index contributed by atoms with van der Waals surface area (Å²) in [6.07, 6.45) is 4.67. The lowest BCUT2D eigenvalue weighted by Crippen LogP contribution is -2.27. The number of hydrogen-bond donors (Lipinski definition) is 1. The van der Waals surface area contributed by atoms with Crippen LogP contribution in [0, 0.1) is 5.82 Å². The van der Waals surface area contributed by atoms with E-state index < -0.39 is 0 Å². The lowest BCUT2D eigenvalue weighted by Gasteiger charge is -2.20. The van der Waals surface area contributed by atoms with Crippen LogP contribution in [0.1, 0.15) is 37.7 Å². The average molecular weight is 340 g/mol. The first-order chi connectivity index (χ1) is 9.67. The van der Waals surface area contributed by atoms with Gasteiger partial charge in [-0.2, -0.15) is 0 Å². The predicted molar refractivity (Wildman–Crippen MR) is 82.1 cm³/mol. The Morgan fingerprint density at radius 2 is 2.20 bits per heavy atom. The Kier molecular flexibility index (Phi) is 5.31. The molecule has 1 N–H and O–H groups in total. The highest BCUT2D eigenvalue weighted by atomic mass is 79.9. The van der Waals surface area contributed by atoms with E-state index in [1.807, 2.05) is 16.8 Å². The Labute approximate surface area is 127 Å². The summed E-state index contributed by atoms with van der Waals surface area (Å²) < 4.78 is 17.1. The number of benzene rings is 1. The molecular weight excluding hydrogens is 321 g/mol. The zero-order chi connectivity index (χ0) is 14.5. The monoisotopic (exact) mass is 339 g/mol. The van der Waals surface area contributed by atoms with E-state index in [1.165, 1.54) is 6.07 Å². The second-order valence-corrected chi connectivity index (χ2v) is 5.54. The quantitative estimate of drug-likeness (QED) is 0.865. The minimum Gasteiger partial charge on any atom is -0.334 e. The van der Waals surface area contributed by atoms with E-state index in [0.29, 0.717) is 5.56 Å². The first-order valence-electron chi connectivity index (χ1n) is 6.86. The molecule has 1 atom stereocenters. The van der Waals surface area contributed by atoms with Crippen molar-refractivity contribution in [1.82, 2.24) is 14.9 Å². The van der Waals surface area contributed by atoms with Crippen molar-refractivity contribution in [3.8, 4) is 0 Å². The zero-order valence-corrected chi connectivity index (χ0v) is 13.3. The van der Waals surface area contributed by atoms with E-state index in [9.17, 15) is 4.39 Å². The average Bonchev–Trinajstić information content (AvgIpc) is 2.91. The van der Waals surface area contributed by atoms with Gasteiger partial charge < -0.3 is 9.88 Å². The van der Waals surface area contributed by atoms with Crippen molar-refractivity contribution in [1.29, 1.82) is 0 Å². The summed E-state index contributed by atoms with van der Waals surface area (Å²) in [7, 11) is 0. The molecule has 0 amide bonds. The molecule has 20 heavy (non-hydrogen) atoms. The number of halogens is 2. The molecule has 1 aromatic heterocycles. The number of nitrogens with zero attached hydrogens (tertiary/aromatic N) is 2. The summed E-state index contributed by atoms with van der Waals surface area (Å²) in [6.45, 7) is 5.77. The Morgan fingerprint density at radius 1 is 1.40 bits per heavy atom. The number of aromatic nitrogens is 2. The van der Waals surface area contributed by atoms with E-state index in [0.717, 1.165) is 29.8 Å². The van der Waals surface area contributed by atoms with Crippen LogP contribution >= 0.6 is 15.9 Å². The van der Waals surface area contributed by atoms with Crippen LogP contribution < -0.4 is 5.32 Å². The maximum absolute atomic E-state index is 14.2. The molecule has 0 spiro atoms. The van der Waals surface area contributed by atoms with E-state index in [2.05, 4.69) is 40.1 Å². The van der Waals surface area contributed by atoms with Crippen molar-refractivity contribution in [3.63, 3.8) is 0 Å². The fraction of sp³-hybridized carbons (Fsp3) is 0.400. The summed E-state index contributed by atoms with van der Waals surface area (Å²) in [5, 5.41) is 3.39. The van der Waals surface area contributed by atoms with Gasteiger partial charge in [0.25, 0.3) is 0 Å². The number of imidazole rings is 1. The lowest BCUT2D eigenvalue weighted by atomic mass is 10.1. The van der Waals surface area contributed by atoms with Crippen molar-refractivity contribution in [3.05, 3.63) is 52.3 Å². The van der Waals surface area contributed by atoms with Gasteiger partial charge in [-0.15, -0.1) is 0 Å². The van der Waals surface area contributed by atoms with Crippen LogP contribution in [0.2, 0.25) is 0 Å². The smallest absolute Gasteiger partial charge is 0.130 e. The highest BCUT2D eigenvalue weighted by Crippen LogP contribution is 2.26. The molecule has 2 aromatic rings. The molecule has 0 radical (unpaired) electrons. The minimum atomic E-state index is -0.234. The van der Waals surface area contributed by atoms with E-state index >= 15 is 0 Å². The highest BCUT2D eigenvalue weighted by Gasteiger charge is 2.21. The molecule has 0 saturated heterocycles. The van der Waals surface area contributed by atoms with Gasteiger partial charge in [0.05, 0.1) is 6.04 Å². The normalized spacial score (nSPS) is 12.6. The molecule has 108 valence electrons. The Bertz CT molecular complexity index is 568. The topological polar surface area (TPSA) is 29.9 Å². The van der Waals surface area contributed by atoms with Crippen LogP contribution in [0.25, 0.3) is 0 Å². The van der Waals surface area contributed by atoms with Crippen molar-refractivity contribution in [2.45, 2.75) is 32.9 Å². The Balaban J connectivity index is 2.44. The molecule has 0 saturated carbocycles. The fourth-order valence-corrected chi connectivity index (χ4v) is 2.59. The Morgan fingerprint density at radius 3 is 2.90 bits per heavy atom. The van der Waals surface area contributed by atoms with Gasteiger partial charge in [0.2, 0.25) is 0 Å². The summed E-state index contributed by atoms with van der Waals surface area (Å²) in [5.41, 5.74) is 0.619. The summed E-state index contributed by atoms with van der Waals surface area (Å²) in [4.78, 5) is 4.41. The summed E-state index contributed by atoms with van der Waals surface area (Å²) in [6, 6.07) is 4.78. The van der Waals surface area contributed by atoms with E-state index in [-0.39, 0.29) is 11.9 Å². The lowest BCUT2D eigenvalue weighted by molar-refractivity contribution is 0.511. The van der Waals surface area contributed by atoms with Crippen LogP contribution in [0.4, 0.5) is 4.39 Å². The predicted octanol–water partition coefficient (Wildman–Crippen LogP) is 3.89. The van der Waals surface area contributed by atoms with Gasteiger partial charge in [-0.05, 0) is 38.1 Å². The van der Waals surface area contributed by atoms with Gasteiger partial charge in [0, 0.05) is 29.0 Å². The minimum absolute atomic E-state index is 0.215. The van der Waals surface area contributed by atoms with Crippen molar-refractivity contribution in [2.24, 2.45) is 0 Å². The molecule has 2 rings (SSSR count). The molecular formula is C15H19BrFN3. The SMILES string of the molecule is CCCNC(c1cc(Br)ccc1F)c1nccn1CC. The third-order valence-electron chi connectivity index (χ3n) is 3.21. The third kappa shape index (κ3) is 3.27.